The third kappa shape index (κ3) is 5.07. The molecule has 0 unspecified atom stereocenters. The van der Waals surface area contributed by atoms with Crippen LogP contribution in [-0.4, -0.2) is 58.8 Å². The summed E-state index contributed by atoms with van der Waals surface area (Å²) in [4.78, 5) is 35.3. The highest BCUT2D eigenvalue weighted by atomic mass is 35.5. The number of nitrogens with one attached hydrogen (secondary N) is 1. The van der Waals surface area contributed by atoms with Gasteiger partial charge in [-0.05, 0) is 49.7 Å². The van der Waals surface area contributed by atoms with Gasteiger partial charge < -0.3 is 15.1 Å². The van der Waals surface area contributed by atoms with Crippen LogP contribution in [0.2, 0.25) is 5.02 Å². The van der Waals surface area contributed by atoms with E-state index in [2.05, 4.69) is 20.9 Å². The van der Waals surface area contributed by atoms with E-state index in [-0.39, 0.29) is 21.8 Å². The van der Waals surface area contributed by atoms with Gasteiger partial charge in [0.25, 0.3) is 5.56 Å². The van der Waals surface area contributed by atoms with Crippen molar-refractivity contribution in [2.24, 2.45) is 0 Å². The van der Waals surface area contributed by atoms with Gasteiger partial charge in [-0.15, -0.1) is 0 Å². The molecule has 7 nitrogen and oxygen atoms in total. The van der Waals surface area contributed by atoms with Crippen LogP contribution in [-0.2, 0) is 11.3 Å². The molecule has 5 rings (SSSR count). The van der Waals surface area contributed by atoms with Crippen molar-refractivity contribution in [1.82, 2.24) is 19.8 Å². The number of halogens is 5. The van der Waals surface area contributed by atoms with Crippen molar-refractivity contribution < 1.29 is 22.4 Å². The van der Waals surface area contributed by atoms with E-state index >= 15 is 0 Å². The Labute approximate surface area is 220 Å². The Balaban J connectivity index is 1.57. The molecule has 1 saturated heterocycles. The van der Waals surface area contributed by atoms with Gasteiger partial charge in [-0.3, -0.25) is 14.2 Å². The molecule has 2 aliphatic rings. The molecule has 1 amide bonds. The van der Waals surface area contributed by atoms with Crippen molar-refractivity contribution >= 4 is 34.1 Å². The lowest BCUT2D eigenvalue weighted by Gasteiger charge is -2.37. The largest absolute Gasteiger partial charge is 0.408 e. The third-order valence-electron chi connectivity index (χ3n) is 6.83. The van der Waals surface area contributed by atoms with Gasteiger partial charge in [0.1, 0.15) is 24.2 Å². The summed E-state index contributed by atoms with van der Waals surface area (Å²) in [6.07, 6.45) is -1.45. The van der Waals surface area contributed by atoms with E-state index in [1.165, 1.54) is 17.8 Å². The molecule has 1 N–H and O–H groups in total. The Hall–Kier alpha value is -3.60. The molecule has 0 saturated carbocycles. The number of aromatic nitrogens is 2. The number of piperazine rings is 1. The summed E-state index contributed by atoms with van der Waals surface area (Å²) in [5.74, 6) is -1.73. The molecule has 0 aliphatic carbocycles. The maximum atomic E-state index is 13.8. The molecule has 200 valence electrons. The van der Waals surface area contributed by atoms with Crippen LogP contribution in [0.4, 0.5) is 23.2 Å². The Kier molecular flexibility index (Phi) is 6.81. The average molecular weight is 550 g/mol. The third-order valence-corrected chi connectivity index (χ3v) is 7.12. The fourth-order valence-corrected chi connectivity index (χ4v) is 4.92. The topological polar surface area (TPSA) is 70.5 Å². The number of nitrogens with zero attached hydrogens (tertiary/aromatic N) is 4. The van der Waals surface area contributed by atoms with E-state index in [1.807, 2.05) is 11.4 Å². The van der Waals surface area contributed by atoms with Gasteiger partial charge in [-0.2, -0.15) is 13.2 Å². The van der Waals surface area contributed by atoms with E-state index in [4.69, 9.17) is 11.6 Å². The van der Waals surface area contributed by atoms with Gasteiger partial charge in [0.05, 0.1) is 22.5 Å². The van der Waals surface area contributed by atoms with Gasteiger partial charge >= 0.3 is 6.18 Å². The first-order valence-electron chi connectivity index (χ1n) is 12.1. The zero-order valence-electron chi connectivity index (χ0n) is 20.4. The van der Waals surface area contributed by atoms with Gasteiger partial charge in [-0.1, -0.05) is 17.7 Å². The lowest BCUT2D eigenvalue weighted by Crippen LogP contribution is -2.45. The molecule has 38 heavy (non-hydrogen) atoms. The summed E-state index contributed by atoms with van der Waals surface area (Å²) in [5, 5.41) is 1.85. The molecule has 0 radical (unpaired) electrons. The molecule has 2 aromatic carbocycles. The normalized spacial score (nSPS) is 16.4. The molecule has 1 atom stereocenters. The van der Waals surface area contributed by atoms with Crippen LogP contribution in [0, 0.1) is 5.82 Å². The maximum Gasteiger partial charge on any atom is 0.408 e. The number of anilines is 1. The second kappa shape index (κ2) is 9.94. The monoisotopic (exact) mass is 549 g/mol. The molecule has 1 fully saturated rings. The Morgan fingerprint density at radius 3 is 2.63 bits per heavy atom. The SMILES string of the molecule is C[C@@H](NC(=O)Cn1c(-c2ccc(F)c(Cl)c2)nc2ccc(N3CCN4CCC=C4C3)cc2c1=O)C(F)(F)F. The fourth-order valence-electron chi connectivity index (χ4n) is 4.74. The lowest BCUT2D eigenvalue weighted by molar-refractivity contribution is -0.158. The summed E-state index contributed by atoms with van der Waals surface area (Å²) in [6.45, 7) is 3.40. The van der Waals surface area contributed by atoms with Gasteiger partial charge in [0, 0.05) is 36.6 Å². The van der Waals surface area contributed by atoms with Crippen LogP contribution in [0.1, 0.15) is 13.3 Å². The maximum absolute atomic E-state index is 13.8. The van der Waals surface area contributed by atoms with Crippen LogP contribution >= 0.6 is 11.6 Å². The van der Waals surface area contributed by atoms with Crippen molar-refractivity contribution in [1.29, 1.82) is 0 Å². The van der Waals surface area contributed by atoms with Crippen molar-refractivity contribution in [3.63, 3.8) is 0 Å². The minimum Gasteiger partial charge on any atom is -0.372 e. The van der Waals surface area contributed by atoms with Crippen molar-refractivity contribution in [3.8, 4) is 11.4 Å². The minimum atomic E-state index is -4.65. The number of rotatable bonds is 5. The van der Waals surface area contributed by atoms with Crippen LogP contribution in [0.5, 0.6) is 0 Å². The molecule has 0 spiro atoms. The van der Waals surface area contributed by atoms with Crippen molar-refractivity contribution in [2.75, 3.05) is 31.1 Å². The first-order chi connectivity index (χ1) is 18.0. The molecule has 0 bridgehead atoms. The van der Waals surface area contributed by atoms with E-state index in [9.17, 15) is 27.2 Å². The van der Waals surface area contributed by atoms with E-state index in [0.717, 1.165) is 49.3 Å². The van der Waals surface area contributed by atoms with E-state index in [1.54, 1.807) is 12.1 Å². The Bertz CT molecular complexity index is 1500. The average Bonchev–Trinajstić information content (AvgIpc) is 3.34. The Morgan fingerprint density at radius 1 is 1.13 bits per heavy atom. The minimum absolute atomic E-state index is 0.0170. The summed E-state index contributed by atoms with van der Waals surface area (Å²) >= 11 is 5.94. The predicted octanol–water partition coefficient (Wildman–Crippen LogP) is 4.33. The molecule has 1 aromatic heterocycles. The number of carbonyl (C=O) groups is 1. The number of benzene rings is 2. The van der Waals surface area contributed by atoms with E-state index in [0.29, 0.717) is 12.1 Å². The predicted molar refractivity (Wildman–Crippen MR) is 137 cm³/mol. The highest BCUT2D eigenvalue weighted by Gasteiger charge is 2.37. The molecule has 3 heterocycles. The zero-order chi connectivity index (χ0) is 27.2. The second-order valence-electron chi connectivity index (χ2n) is 9.38. The number of carbonyl (C=O) groups excluding carboxylic acids is 1. The van der Waals surface area contributed by atoms with Crippen LogP contribution < -0.4 is 15.8 Å². The van der Waals surface area contributed by atoms with Gasteiger partial charge in [0.15, 0.2) is 0 Å². The fraction of sp³-hybridized carbons (Fsp3) is 0.346. The smallest absolute Gasteiger partial charge is 0.372 e. The molecular weight excluding hydrogens is 526 g/mol. The first kappa shape index (κ1) is 26.0. The number of fused-ring (bicyclic) bond motifs is 2. The molecule has 12 heteroatoms. The van der Waals surface area contributed by atoms with Crippen LogP contribution in [0.15, 0.2) is 53.0 Å². The molecular formula is C26H24ClF4N5O2. The summed E-state index contributed by atoms with van der Waals surface area (Å²) < 4.78 is 53.8. The first-order valence-corrected chi connectivity index (χ1v) is 12.4. The van der Waals surface area contributed by atoms with Crippen LogP contribution in [0.25, 0.3) is 22.3 Å². The number of hydrogen-bond acceptors (Lipinski definition) is 5. The lowest BCUT2D eigenvalue weighted by atomic mass is 10.1. The van der Waals surface area contributed by atoms with Gasteiger partial charge in [0.2, 0.25) is 5.91 Å². The zero-order valence-corrected chi connectivity index (χ0v) is 21.1. The van der Waals surface area contributed by atoms with E-state index < -0.39 is 36.0 Å². The standard InChI is InChI=1S/C26H24ClF4N5O2/c1-15(26(29,30)31)32-23(37)14-36-24(16-4-6-21(28)20(27)11-16)33-22-7-5-17(12-19(22)25(36)38)35-10-9-34-8-2-3-18(34)13-35/h3-7,11-12,15H,2,8-10,13-14H2,1H3,(H,32,37)/t15-/m1/s1. The van der Waals surface area contributed by atoms with Crippen LogP contribution in [0.3, 0.4) is 0 Å². The number of hydrogen-bond donors (Lipinski definition) is 1. The molecule has 3 aromatic rings. The van der Waals surface area contributed by atoms with Gasteiger partial charge in [-0.25, -0.2) is 9.37 Å². The number of alkyl halides is 3. The second-order valence-corrected chi connectivity index (χ2v) is 9.79. The van der Waals surface area contributed by atoms with Crippen molar-refractivity contribution in [2.45, 2.75) is 32.1 Å². The summed E-state index contributed by atoms with van der Waals surface area (Å²) in [7, 11) is 0. The summed E-state index contributed by atoms with van der Waals surface area (Å²) in [6, 6.07) is 6.79. The summed E-state index contributed by atoms with van der Waals surface area (Å²) in [5.41, 5.74) is 1.98. The highest BCUT2D eigenvalue weighted by Crippen LogP contribution is 2.28. The number of amides is 1. The highest BCUT2D eigenvalue weighted by molar-refractivity contribution is 6.31. The molecule has 2 aliphatic heterocycles. The quantitative estimate of drug-likeness (QED) is 0.480. The Morgan fingerprint density at radius 2 is 1.89 bits per heavy atom. The van der Waals surface area contributed by atoms with Crippen molar-refractivity contribution in [3.05, 3.63) is 69.4 Å².